The van der Waals surface area contributed by atoms with Crippen LogP contribution in [0, 0.1) is 11.2 Å². The highest BCUT2D eigenvalue weighted by atomic mass is 35.5. The number of hydrogen-bond acceptors (Lipinski definition) is 4. The van der Waals surface area contributed by atoms with Gasteiger partial charge in [0.05, 0.1) is 12.7 Å². The van der Waals surface area contributed by atoms with Gasteiger partial charge in [-0.25, -0.2) is 9.07 Å². The molecule has 0 saturated carbocycles. The fraction of sp³-hybridized carbons (Fsp3) is 0.438. The van der Waals surface area contributed by atoms with E-state index in [1.165, 1.54) is 16.8 Å². The number of carbonyl (C=O) groups is 1. The minimum absolute atomic E-state index is 0. The zero-order valence-corrected chi connectivity index (χ0v) is 14.9. The molecule has 2 rings (SSSR count). The Kier molecular flexibility index (Phi) is 6.86. The zero-order chi connectivity index (χ0) is 17.0. The van der Waals surface area contributed by atoms with E-state index in [1.807, 2.05) is 13.8 Å². The van der Waals surface area contributed by atoms with Crippen LogP contribution < -0.4 is 5.73 Å². The van der Waals surface area contributed by atoms with Crippen LogP contribution in [0.1, 0.15) is 29.9 Å². The summed E-state index contributed by atoms with van der Waals surface area (Å²) >= 11 is 0. The molecule has 1 heterocycles. The first-order valence-corrected chi connectivity index (χ1v) is 7.41. The minimum atomic E-state index is -0.303. The second kappa shape index (κ2) is 8.21. The maximum atomic E-state index is 13.2. The van der Waals surface area contributed by atoms with Crippen molar-refractivity contribution in [1.29, 1.82) is 0 Å². The van der Waals surface area contributed by atoms with Crippen molar-refractivity contribution >= 4 is 18.3 Å². The average molecular weight is 356 g/mol. The number of hydrogen-bond donors (Lipinski definition) is 1. The maximum absolute atomic E-state index is 13.2. The third-order valence-electron chi connectivity index (χ3n) is 3.56. The molecule has 0 aliphatic heterocycles. The molecule has 0 atom stereocenters. The lowest BCUT2D eigenvalue weighted by molar-refractivity contribution is 0.0734. The molecule has 0 saturated heterocycles. The second-order valence-corrected chi connectivity index (χ2v) is 6.46. The molecule has 0 aliphatic carbocycles. The molecule has 8 heteroatoms. The molecule has 6 nitrogen and oxygen atoms in total. The fourth-order valence-corrected chi connectivity index (χ4v) is 2.27. The molecular formula is C16H23ClFN5O. The molecule has 24 heavy (non-hydrogen) atoms. The molecule has 0 spiro atoms. The molecule has 0 fully saturated rings. The van der Waals surface area contributed by atoms with Gasteiger partial charge >= 0.3 is 0 Å². The zero-order valence-electron chi connectivity index (χ0n) is 14.1. The number of benzene rings is 1. The van der Waals surface area contributed by atoms with Crippen molar-refractivity contribution < 1.29 is 9.18 Å². The van der Waals surface area contributed by atoms with Crippen molar-refractivity contribution in [3.8, 4) is 0 Å². The predicted molar refractivity (Wildman–Crippen MR) is 92.6 cm³/mol. The van der Waals surface area contributed by atoms with Crippen molar-refractivity contribution in [2.24, 2.45) is 11.1 Å². The highest BCUT2D eigenvalue weighted by Crippen LogP contribution is 2.15. The van der Waals surface area contributed by atoms with Gasteiger partial charge in [-0.15, -0.1) is 17.5 Å². The third-order valence-corrected chi connectivity index (χ3v) is 3.56. The lowest BCUT2D eigenvalue weighted by Gasteiger charge is -2.28. The highest BCUT2D eigenvalue weighted by Gasteiger charge is 2.23. The van der Waals surface area contributed by atoms with E-state index in [0.717, 1.165) is 5.56 Å². The van der Waals surface area contributed by atoms with Crippen LogP contribution in [0.3, 0.4) is 0 Å². The first-order valence-electron chi connectivity index (χ1n) is 7.41. The number of nitrogens with zero attached hydrogens (tertiary/aromatic N) is 4. The SMILES string of the molecule is CN(CC(C)(C)CN)C(=O)c1cn(Cc2cccc(F)c2)nn1.Cl. The number of carbonyl (C=O) groups excluding carboxylic acids is 1. The van der Waals surface area contributed by atoms with Crippen molar-refractivity contribution in [3.63, 3.8) is 0 Å². The van der Waals surface area contributed by atoms with Crippen LogP contribution in [-0.2, 0) is 6.54 Å². The van der Waals surface area contributed by atoms with Crippen molar-refractivity contribution in [2.45, 2.75) is 20.4 Å². The van der Waals surface area contributed by atoms with Gasteiger partial charge in [0.2, 0.25) is 0 Å². The minimum Gasteiger partial charge on any atom is -0.340 e. The molecule has 2 N–H and O–H groups in total. The lowest BCUT2D eigenvalue weighted by atomic mass is 9.93. The van der Waals surface area contributed by atoms with Crippen molar-refractivity contribution in [1.82, 2.24) is 19.9 Å². The summed E-state index contributed by atoms with van der Waals surface area (Å²) in [6.07, 6.45) is 1.57. The van der Waals surface area contributed by atoms with Crippen LogP contribution in [0.25, 0.3) is 0 Å². The summed E-state index contributed by atoms with van der Waals surface area (Å²) in [5.41, 5.74) is 6.55. The van der Waals surface area contributed by atoms with Crippen LogP contribution in [0.15, 0.2) is 30.5 Å². The molecule has 1 aromatic heterocycles. The van der Waals surface area contributed by atoms with Gasteiger partial charge in [0.1, 0.15) is 5.82 Å². The van der Waals surface area contributed by atoms with Gasteiger partial charge in [-0.3, -0.25) is 4.79 Å². The van der Waals surface area contributed by atoms with Gasteiger partial charge < -0.3 is 10.6 Å². The average Bonchev–Trinajstić information content (AvgIpc) is 2.94. The Bertz CT molecular complexity index is 689. The molecule has 1 amide bonds. The molecular weight excluding hydrogens is 333 g/mol. The van der Waals surface area contributed by atoms with E-state index < -0.39 is 0 Å². The van der Waals surface area contributed by atoms with E-state index in [2.05, 4.69) is 10.3 Å². The summed E-state index contributed by atoms with van der Waals surface area (Å²) in [7, 11) is 1.71. The van der Waals surface area contributed by atoms with Gasteiger partial charge in [0.25, 0.3) is 5.91 Å². The first-order chi connectivity index (χ1) is 10.8. The summed E-state index contributed by atoms with van der Waals surface area (Å²) in [4.78, 5) is 14.0. The van der Waals surface area contributed by atoms with E-state index >= 15 is 0 Å². The number of nitrogens with two attached hydrogens (primary N) is 1. The third kappa shape index (κ3) is 5.28. The Labute approximate surface area is 147 Å². The normalized spacial score (nSPS) is 11.0. The molecule has 0 aliphatic rings. The Morgan fingerprint density at radius 1 is 1.42 bits per heavy atom. The topological polar surface area (TPSA) is 77.0 Å². The van der Waals surface area contributed by atoms with Crippen LogP contribution in [0.4, 0.5) is 4.39 Å². The summed E-state index contributed by atoms with van der Waals surface area (Å²) in [6, 6.07) is 6.24. The number of halogens is 2. The Hall–Kier alpha value is -1.99. The number of amides is 1. The van der Waals surface area contributed by atoms with E-state index in [0.29, 0.717) is 19.6 Å². The van der Waals surface area contributed by atoms with Gasteiger partial charge in [-0.1, -0.05) is 31.2 Å². The van der Waals surface area contributed by atoms with E-state index in [1.54, 1.807) is 30.3 Å². The smallest absolute Gasteiger partial charge is 0.275 e. The fourth-order valence-electron chi connectivity index (χ4n) is 2.27. The Morgan fingerprint density at radius 2 is 2.12 bits per heavy atom. The Balaban J connectivity index is 0.00000288. The molecule has 0 unspecified atom stereocenters. The van der Waals surface area contributed by atoms with E-state index in [9.17, 15) is 9.18 Å². The van der Waals surface area contributed by atoms with Gasteiger partial charge in [-0.05, 0) is 29.7 Å². The molecule has 0 radical (unpaired) electrons. The Morgan fingerprint density at radius 3 is 2.75 bits per heavy atom. The lowest BCUT2D eigenvalue weighted by Crippen LogP contribution is -2.39. The molecule has 132 valence electrons. The second-order valence-electron chi connectivity index (χ2n) is 6.46. The summed E-state index contributed by atoms with van der Waals surface area (Å²) in [5.74, 6) is -0.514. The predicted octanol–water partition coefficient (Wildman–Crippen LogP) is 1.94. The first kappa shape index (κ1) is 20.1. The van der Waals surface area contributed by atoms with E-state index in [4.69, 9.17) is 5.73 Å². The number of rotatable bonds is 6. The molecule has 0 bridgehead atoms. The van der Waals surface area contributed by atoms with Crippen molar-refractivity contribution in [2.75, 3.05) is 20.1 Å². The maximum Gasteiger partial charge on any atom is 0.275 e. The van der Waals surface area contributed by atoms with Crippen molar-refractivity contribution in [3.05, 3.63) is 47.5 Å². The van der Waals surface area contributed by atoms with Crippen LogP contribution in [0.2, 0.25) is 0 Å². The molecule has 1 aromatic carbocycles. The van der Waals surface area contributed by atoms with Crippen LogP contribution >= 0.6 is 12.4 Å². The molecule has 2 aromatic rings. The monoisotopic (exact) mass is 355 g/mol. The van der Waals surface area contributed by atoms with Gasteiger partial charge in [0, 0.05) is 13.6 Å². The van der Waals surface area contributed by atoms with Crippen LogP contribution in [-0.4, -0.2) is 45.9 Å². The van der Waals surface area contributed by atoms with Gasteiger partial charge in [-0.2, -0.15) is 0 Å². The van der Waals surface area contributed by atoms with Gasteiger partial charge in [0.15, 0.2) is 5.69 Å². The summed E-state index contributed by atoms with van der Waals surface area (Å²) in [5, 5.41) is 7.84. The standard InChI is InChI=1S/C16H22FN5O.ClH/c1-16(2,10-18)11-21(3)15(23)14-9-22(20-19-14)8-12-5-4-6-13(17)7-12;/h4-7,9H,8,10-11,18H2,1-3H3;1H. The largest absolute Gasteiger partial charge is 0.340 e. The quantitative estimate of drug-likeness (QED) is 0.859. The summed E-state index contributed by atoms with van der Waals surface area (Å²) in [6.45, 7) is 5.36. The highest BCUT2D eigenvalue weighted by molar-refractivity contribution is 5.91. The van der Waals surface area contributed by atoms with Crippen LogP contribution in [0.5, 0.6) is 0 Å². The van der Waals surface area contributed by atoms with E-state index in [-0.39, 0.29) is 35.2 Å². The number of aromatic nitrogens is 3. The summed E-state index contributed by atoms with van der Waals surface area (Å²) < 4.78 is 14.7.